The third-order valence-corrected chi connectivity index (χ3v) is 7.57. The number of rotatable bonds is 28. The van der Waals surface area contributed by atoms with Crippen molar-refractivity contribution in [2.45, 2.75) is 200 Å². The van der Waals surface area contributed by atoms with Gasteiger partial charge in [-0.2, -0.15) is 0 Å². The fourth-order valence-corrected chi connectivity index (χ4v) is 5.09. The van der Waals surface area contributed by atoms with Crippen molar-refractivity contribution in [2.75, 3.05) is 6.61 Å². The highest BCUT2D eigenvalue weighted by Crippen LogP contribution is 2.27. The van der Waals surface area contributed by atoms with E-state index in [2.05, 4.69) is 27.7 Å². The zero-order valence-corrected chi connectivity index (χ0v) is 24.0. The minimum absolute atomic E-state index is 0.131. The molecule has 0 rings (SSSR count). The Kier molecular flexibility index (Phi) is 26.5. The average molecular weight is 467 g/mol. The van der Waals surface area contributed by atoms with E-state index in [9.17, 15) is 0 Å². The second-order valence-electron chi connectivity index (χ2n) is 11.2. The molecule has 0 aliphatic rings. The molecule has 0 saturated heterocycles. The van der Waals surface area contributed by atoms with E-state index in [1.54, 1.807) is 0 Å². The molecule has 1 atom stereocenters. The zero-order valence-electron chi connectivity index (χ0n) is 24.0. The van der Waals surface area contributed by atoms with E-state index < -0.39 is 0 Å². The summed E-state index contributed by atoms with van der Waals surface area (Å²) in [6, 6.07) is 0. The lowest BCUT2D eigenvalue weighted by atomic mass is 9.91. The molecule has 0 aliphatic carbocycles. The Bertz CT molecular complexity index is 352. The first kappa shape index (κ1) is 33.0. The zero-order chi connectivity index (χ0) is 24.3. The van der Waals surface area contributed by atoms with E-state index in [4.69, 9.17) is 4.74 Å². The van der Waals surface area contributed by atoms with Gasteiger partial charge in [0.05, 0.1) is 5.60 Å². The lowest BCUT2D eigenvalue weighted by Gasteiger charge is -2.30. The molecular formula is C32H66O. The van der Waals surface area contributed by atoms with Crippen molar-refractivity contribution in [1.82, 2.24) is 0 Å². The van der Waals surface area contributed by atoms with E-state index in [1.807, 2.05) is 0 Å². The van der Waals surface area contributed by atoms with Gasteiger partial charge >= 0.3 is 0 Å². The maximum Gasteiger partial charge on any atom is 0.0654 e. The van der Waals surface area contributed by atoms with Crippen molar-refractivity contribution < 1.29 is 4.74 Å². The van der Waals surface area contributed by atoms with Crippen LogP contribution in [-0.4, -0.2) is 12.2 Å². The molecule has 1 nitrogen and oxygen atoms in total. The largest absolute Gasteiger partial charge is 0.375 e. The lowest BCUT2D eigenvalue weighted by Crippen LogP contribution is -2.29. The van der Waals surface area contributed by atoms with Gasteiger partial charge in [0, 0.05) is 6.61 Å². The van der Waals surface area contributed by atoms with Gasteiger partial charge in [0.15, 0.2) is 0 Å². The topological polar surface area (TPSA) is 9.23 Å². The molecule has 0 saturated carbocycles. The molecule has 0 aromatic heterocycles. The van der Waals surface area contributed by atoms with Crippen LogP contribution in [0.5, 0.6) is 0 Å². The van der Waals surface area contributed by atoms with E-state index in [0.717, 1.165) is 6.61 Å². The second kappa shape index (κ2) is 26.6. The molecule has 0 heterocycles. The van der Waals surface area contributed by atoms with Crippen LogP contribution in [0.15, 0.2) is 0 Å². The van der Waals surface area contributed by atoms with Crippen molar-refractivity contribution in [3.63, 3.8) is 0 Å². The summed E-state index contributed by atoms with van der Waals surface area (Å²) in [6.45, 7) is 10.3. The van der Waals surface area contributed by atoms with Crippen LogP contribution in [0.2, 0.25) is 0 Å². The predicted molar refractivity (Wildman–Crippen MR) is 151 cm³/mol. The molecular weight excluding hydrogens is 400 g/mol. The van der Waals surface area contributed by atoms with Crippen molar-refractivity contribution in [2.24, 2.45) is 0 Å². The average Bonchev–Trinajstić information content (AvgIpc) is 2.81. The fraction of sp³-hybridized carbons (Fsp3) is 1.00. The third-order valence-electron chi connectivity index (χ3n) is 7.57. The van der Waals surface area contributed by atoms with E-state index >= 15 is 0 Å². The van der Waals surface area contributed by atoms with Crippen LogP contribution in [0.4, 0.5) is 0 Å². The van der Waals surface area contributed by atoms with E-state index in [-0.39, 0.29) is 5.60 Å². The number of ether oxygens (including phenoxy) is 1. The van der Waals surface area contributed by atoms with E-state index in [1.165, 1.54) is 167 Å². The highest BCUT2D eigenvalue weighted by Gasteiger charge is 2.23. The number of hydrogen-bond acceptors (Lipinski definition) is 1. The Labute approximate surface area is 211 Å². The van der Waals surface area contributed by atoms with Gasteiger partial charge in [0.25, 0.3) is 0 Å². The first-order valence-corrected chi connectivity index (χ1v) is 15.8. The fourth-order valence-electron chi connectivity index (χ4n) is 5.09. The molecule has 1 unspecified atom stereocenters. The van der Waals surface area contributed by atoms with Crippen LogP contribution >= 0.6 is 0 Å². The highest BCUT2D eigenvalue weighted by atomic mass is 16.5. The lowest BCUT2D eigenvalue weighted by molar-refractivity contribution is -0.0482. The summed E-state index contributed by atoms with van der Waals surface area (Å²) in [4.78, 5) is 0. The van der Waals surface area contributed by atoms with Gasteiger partial charge in [-0.25, -0.2) is 0 Å². The molecule has 200 valence electrons. The van der Waals surface area contributed by atoms with Crippen LogP contribution in [-0.2, 0) is 4.74 Å². The Morgan fingerprint density at radius 1 is 0.364 bits per heavy atom. The Morgan fingerprint density at radius 2 is 0.636 bits per heavy atom. The minimum Gasteiger partial charge on any atom is -0.375 e. The normalized spacial score (nSPS) is 13.5. The standard InChI is InChI=1S/C32H66O/c1-5-8-11-14-17-19-20-21-24-27-30-32(4,29-26-23-16-13-10-7-3)33-31-28-25-22-18-15-12-9-6-2/h5-31H2,1-4H3. The van der Waals surface area contributed by atoms with Gasteiger partial charge in [0.2, 0.25) is 0 Å². The molecule has 0 aromatic carbocycles. The quantitative estimate of drug-likeness (QED) is 0.104. The van der Waals surface area contributed by atoms with Gasteiger partial charge in [-0.3, -0.25) is 0 Å². The molecule has 0 N–H and O–H groups in total. The smallest absolute Gasteiger partial charge is 0.0654 e. The third kappa shape index (κ3) is 24.9. The van der Waals surface area contributed by atoms with Crippen LogP contribution in [0.3, 0.4) is 0 Å². The van der Waals surface area contributed by atoms with Crippen LogP contribution in [0.25, 0.3) is 0 Å². The van der Waals surface area contributed by atoms with Crippen molar-refractivity contribution in [1.29, 1.82) is 0 Å². The van der Waals surface area contributed by atoms with Crippen LogP contribution < -0.4 is 0 Å². The molecule has 0 spiro atoms. The monoisotopic (exact) mass is 467 g/mol. The van der Waals surface area contributed by atoms with Gasteiger partial charge < -0.3 is 4.74 Å². The minimum atomic E-state index is 0.131. The number of hydrogen-bond donors (Lipinski definition) is 0. The summed E-state index contributed by atoms with van der Waals surface area (Å²) in [5, 5.41) is 0. The molecule has 0 amide bonds. The summed E-state index contributed by atoms with van der Waals surface area (Å²) in [5.74, 6) is 0. The van der Waals surface area contributed by atoms with Gasteiger partial charge in [-0.15, -0.1) is 0 Å². The van der Waals surface area contributed by atoms with Crippen molar-refractivity contribution in [3.8, 4) is 0 Å². The van der Waals surface area contributed by atoms with Crippen molar-refractivity contribution >= 4 is 0 Å². The maximum atomic E-state index is 6.59. The Hall–Kier alpha value is -0.0400. The molecule has 33 heavy (non-hydrogen) atoms. The second-order valence-corrected chi connectivity index (χ2v) is 11.2. The summed E-state index contributed by atoms with van der Waals surface area (Å²) in [5.41, 5.74) is 0.131. The maximum absolute atomic E-state index is 6.59. The molecule has 0 bridgehead atoms. The Balaban J connectivity index is 3.99. The van der Waals surface area contributed by atoms with Gasteiger partial charge in [-0.1, -0.05) is 168 Å². The summed E-state index contributed by atoms with van der Waals surface area (Å²) in [7, 11) is 0. The first-order chi connectivity index (χ1) is 16.2. The van der Waals surface area contributed by atoms with E-state index in [0.29, 0.717) is 0 Å². The highest BCUT2D eigenvalue weighted by molar-refractivity contribution is 4.75. The van der Waals surface area contributed by atoms with Crippen molar-refractivity contribution in [3.05, 3.63) is 0 Å². The molecule has 0 fully saturated rings. The summed E-state index contributed by atoms with van der Waals surface area (Å²) >= 11 is 0. The summed E-state index contributed by atoms with van der Waals surface area (Å²) < 4.78 is 6.59. The van der Waals surface area contributed by atoms with Crippen LogP contribution in [0, 0.1) is 0 Å². The first-order valence-electron chi connectivity index (χ1n) is 15.8. The molecule has 0 aromatic rings. The molecule has 1 heteroatoms. The van der Waals surface area contributed by atoms with Crippen LogP contribution in [0.1, 0.15) is 195 Å². The SMILES string of the molecule is CCCCCCCCCCCCC(C)(CCCCCCCC)OCCCCCCCCCC. The van der Waals surface area contributed by atoms with Gasteiger partial charge in [0.1, 0.15) is 0 Å². The summed E-state index contributed by atoms with van der Waals surface area (Å²) in [6.07, 6.45) is 36.2. The van der Waals surface area contributed by atoms with Gasteiger partial charge in [-0.05, 0) is 26.2 Å². The predicted octanol–water partition coefficient (Wildman–Crippen LogP) is 12.0. The molecule has 0 aliphatic heterocycles. The Morgan fingerprint density at radius 3 is 0.970 bits per heavy atom. The number of unbranched alkanes of at least 4 members (excludes halogenated alkanes) is 21. The molecule has 0 radical (unpaired) electrons.